The van der Waals surface area contributed by atoms with Gasteiger partial charge in [0, 0.05) is 17.5 Å². The molecule has 0 aliphatic heterocycles. The van der Waals surface area contributed by atoms with Gasteiger partial charge >= 0.3 is 5.97 Å². The standard InChI is InChI=1S/C14H17NO3/c1-3-17-14(16)10(2)15-8-11-9-18-13-7-5-4-6-12(11)13/h4-7,9-10,15H,3,8H2,1-2H3. The van der Waals surface area contributed by atoms with Gasteiger partial charge in [-0.3, -0.25) is 4.79 Å². The number of nitrogens with one attached hydrogen (secondary N) is 1. The second-order valence-electron chi connectivity index (χ2n) is 4.11. The Kier molecular flexibility index (Phi) is 3.99. The maximum Gasteiger partial charge on any atom is 0.322 e. The Morgan fingerprint density at radius 1 is 1.44 bits per heavy atom. The van der Waals surface area contributed by atoms with Crippen molar-refractivity contribution in [1.29, 1.82) is 0 Å². The number of furan rings is 1. The number of benzene rings is 1. The lowest BCUT2D eigenvalue weighted by atomic mass is 10.1. The Morgan fingerprint density at radius 2 is 2.22 bits per heavy atom. The Balaban J connectivity index is 2.00. The van der Waals surface area contributed by atoms with Crippen LogP contribution in [0.15, 0.2) is 34.9 Å². The van der Waals surface area contributed by atoms with Crippen molar-refractivity contribution >= 4 is 16.9 Å². The highest BCUT2D eigenvalue weighted by atomic mass is 16.5. The Bertz CT molecular complexity index is 533. The van der Waals surface area contributed by atoms with Crippen LogP contribution in [0.2, 0.25) is 0 Å². The van der Waals surface area contributed by atoms with Gasteiger partial charge in [-0.25, -0.2) is 0 Å². The molecule has 1 aromatic carbocycles. The van der Waals surface area contributed by atoms with Crippen LogP contribution in [-0.4, -0.2) is 18.6 Å². The number of rotatable bonds is 5. The SMILES string of the molecule is CCOC(=O)C(C)NCc1coc2ccccc12. The molecule has 96 valence electrons. The Morgan fingerprint density at radius 3 is 3.00 bits per heavy atom. The minimum absolute atomic E-state index is 0.231. The van der Waals surface area contributed by atoms with Gasteiger partial charge in [0.15, 0.2) is 0 Å². The van der Waals surface area contributed by atoms with E-state index in [0.29, 0.717) is 13.2 Å². The van der Waals surface area contributed by atoms with Crippen molar-refractivity contribution in [3.8, 4) is 0 Å². The molecule has 1 atom stereocenters. The predicted molar refractivity (Wildman–Crippen MR) is 69.1 cm³/mol. The van der Waals surface area contributed by atoms with Crippen LogP contribution in [-0.2, 0) is 16.1 Å². The third-order valence-electron chi connectivity index (χ3n) is 2.80. The summed E-state index contributed by atoms with van der Waals surface area (Å²) in [6, 6.07) is 7.51. The fourth-order valence-corrected chi connectivity index (χ4v) is 1.78. The molecule has 0 saturated heterocycles. The zero-order chi connectivity index (χ0) is 13.0. The first kappa shape index (κ1) is 12.6. The van der Waals surface area contributed by atoms with Crippen LogP contribution in [0.1, 0.15) is 19.4 Å². The van der Waals surface area contributed by atoms with Crippen LogP contribution in [0.5, 0.6) is 0 Å². The summed E-state index contributed by atoms with van der Waals surface area (Å²) in [5.41, 5.74) is 1.90. The van der Waals surface area contributed by atoms with E-state index in [-0.39, 0.29) is 12.0 Å². The predicted octanol–water partition coefficient (Wildman–Crippen LogP) is 2.47. The maximum atomic E-state index is 11.5. The van der Waals surface area contributed by atoms with E-state index in [1.165, 1.54) is 0 Å². The van der Waals surface area contributed by atoms with Crippen LogP contribution >= 0.6 is 0 Å². The summed E-state index contributed by atoms with van der Waals surface area (Å²) in [6.07, 6.45) is 1.72. The molecule has 2 rings (SSSR count). The molecular formula is C14H17NO3. The summed E-state index contributed by atoms with van der Waals surface area (Å²) in [6.45, 7) is 4.57. The number of esters is 1. The highest BCUT2D eigenvalue weighted by Crippen LogP contribution is 2.20. The van der Waals surface area contributed by atoms with E-state index in [9.17, 15) is 4.79 Å². The third-order valence-corrected chi connectivity index (χ3v) is 2.80. The van der Waals surface area contributed by atoms with E-state index in [1.807, 2.05) is 24.3 Å². The van der Waals surface area contributed by atoms with Crippen LogP contribution in [0.4, 0.5) is 0 Å². The Labute approximate surface area is 106 Å². The summed E-state index contributed by atoms with van der Waals surface area (Å²) >= 11 is 0. The molecule has 2 aromatic rings. The summed E-state index contributed by atoms with van der Waals surface area (Å²) in [5.74, 6) is -0.231. The Hall–Kier alpha value is -1.81. The number of hydrogen-bond acceptors (Lipinski definition) is 4. The molecule has 1 unspecified atom stereocenters. The molecule has 0 aliphatic rings. The average Bonchev–Trinajstić information content (AvgIpc) is 2.79. The maximum absolute atomic E-state index is 11.5. The van der Waals surface area contributed by atoms with Gasteiger partial charge in [0.05, 0.1) is 12.9 Å². The van der Waals surface area contributed by atoms with Gasteiger partial charge in [-0.15, -0.1) is 0 Å². The van der Waals surface area contributed by atoms with Crippen molar-refractivity contribution in [3.63, 3.8) is 0 Å². The molecule has 0 radical (unpaired) electrons. The smallest absolute Gasteiger partial charge is 0.322 e. The normalized spacial score (nSPS) is 12.6. The molecule has 0 amide bonds. The largest absolute Gasteiger partial charge is 0.465 e. The van der Waals surface area contributed by atoms with Crippen molar-refractivity contribution in [1.82, 2.24) is 5.32 Å². The fraction of sp³-hybridized carbons (Fsp3) is 0.357. The first-order valence-electron chi connectivity index (χ1n) is 6.07. The molecular weight excluding hydrogens is 230 g/mol. The average molecular weight is 247 g/mol. The monoisotopic (exact) mass is 247 g/mol. The number of ether oxygens (including phenoxy) is 1. The number of carbonyl (C=O) groups excluding carboxylic acids is 1. The molecule has 4 nitrogen and oxygen atoms in total. The number of hydrogen-bond donors (Lipinski definition) is 1. The van der Waals surface area contributed by atoms with Gasteiger partial charge in [-0.05, 0) is 19.9 Å². The topological polar surface area (TPSA) is 51.5 Å². The van der Waals surface area contributed by atoms with Crippen LogP contribution in [0, 0.1) is 0 Å². The first-order chi connectivity index (χ1) is 8.72. The second-order valence-corrected chi connectivity index (χ2v) is 4.11. The summed E-state index contributed by atoms with van der Waals surface area (Å²) in [4.78, 5) is 11.5. The van der Waals surface area contributed by atoms with E-state index in [4.69, 9.17) is 9.15 Å². The lowest BCUT2D eigenvalue weighted by Gasteiger charge is -2.11. The minimum Gasteiger partial charge on any atom is -0.465 e. The summed E-state index contributed by atoms with van der Waals surface area (Å²) in [7, 11) is 0. The van der Waals surface area contributed by atoms with E-state index in [0.717, 1.165) is 16.5 Å². The molecule has 0 aliphatic carbocycles. The van der Waals surface area contributed by atoms with E-state index in [2.05, 4.69) is 5.32 Å². The molecule has 1 N–H and O–H groups in total. The zero-order valence-corrected chi connectivity index (χ0v) is 10.6. The van der Waals surface area contributed by atoms with E-state index in [1.54, 1.807) is 20.1 Å². The van der Waals surface area contributed by atoms with Gasteiger partial charge < -0.3 is 14.5 Å². The quantitative estimate of drug-likeness (QED) is 0.825. The molecule has 1 aromatic heterocycles. The second kappa shape index (κ2) is 5.69. The number of carbonyl (C=O) groups is 1. The minimum atomic E-state index is -0.321. The van der Waals surface area contributed by atoms with E-state index >= 15 is 0 Å². The number of para-hydroxylation sites is 1. The van der Waals surface area contributed by atoms with Crippen LogP contribution in [0.3, 0.4) is 0 Å². The van der Waals surface area contributed by atoms with Crippen LogP contribution in [0.25, 0.3) is 11.0 Å². The lowest BCUT2D eigenvalue weighted by Crippen LogP contribution is -2.34. The molecule has 18 heavy (non-hydrogen) atoms. The molecule has 4 heteroatoms. The number of fused-ring (bicyclic) bond motifs is 1. The lowest BCUT2D eigenvalue weighted by molar-refractivity contribution is -0.145. The van der Waals surface area contributed by atoms with Crippen molar-refractivity contribution < 1.29 is 13.9 Å². The molecule has 0 saturated carbocycles. The van der Waals surface area contributed by atoms with Crippen molar-refractivity contribution in [2.24, 2.45) is 0 Å². The van der Waals surface area contributed by atoms with Crippen molar-refractivity contribution in [2.75, 3.05) is 6.61 Å². The van der Waals surface area contributed by atoms with Gasteiger partial charge in [0.25, 0.3) is 0 Å². The molecule has 0 fully saturated rings. The molecule has 1 heterocycles. The summed E-state index contributed by atoms with van der Waals surface area (Å²) < 4.78 is 10.4. The molecule has 0 bridgehead atoms. The zero-order valence-electron chi connectivity index (χ0n) is 10.6. The highest BCUT2D eigenvalue weighted by Gasteiger charge is 2.14. The van der Waals surface area contributed by atoms with Gasteiger partial charge in [0.2, 0.25) is 0 Å². The van der Waals surface area contributed by atoms with Gasteiger partial charge in [0.1, 0.15) is 11.6 Å². The van der Waals surface area contributed by atoms with E-state index < -0.39 is 0 Å². The van der Waals surface area contributed by atoms with Gasteiger partial charge in [-0.2, -0.15) is 0 Å². The fourth-order valence-electron chi connectivity index (χ4n) is 1.78. The van der Waals surface area contributed by atoms with Crippen molar-refractivity contribution in [3.05, 3.63) is 36.1 Å². The first-order valence-corrected chi connectivity index (χ1v) is 6.07. The van der Waals surface area contributed by atoms with Crippen LogP contribution < -0.4 is 5.32 Å². The highest BCUT2D eigenvalue weighted by molar-refractivity contribution is 5.81. The van der Waals surface area contributed by atoms with Gasteiger partial charge in [-0.1, -0.05) is 18.2 Å². The van der Waals surface area contributed by atoms with Crippen molar-refractivity contribution in [2.45, 2.75) is 26.4 Å². The summed E-state index contributed by atoms with van der Waals surface area (Å²) in [5, 5.41) is 4.20. The third kappa shape index (κ3) is 2.71. The molecule has 0 spiro atoms.